The summed E-state index contributed by atoms with van der Waals surface area (Å²) in [6, 6.07) is 4.43. The first-order valence-electron chi connectivity index (χ1n) is 14.1. The molecule has 0 bridgehead atoms. The molecule has 0 radical (unpaired) electrons. The number of aliphatic imine (C=N–C) groups is 1. The maximum atomic E-state index is 9.76. The fourth-order valence-corrected chi connectivity index (χ4v) is 5.66. The molecule has 3 atom stereocenters. The standard InChI is InChI=1S/C30H42N6O2/c1-5-20-37-29-28(38-29)35-18-12-23(13-19-35)10-9-14-30(7-3,15-16-31)36-22-24(21-34-36)27(32-8-4)25-11-17-33-26(25)6-2/h8,11,17,21-23,28-29,33H,2,5,7,9-10,12-15,18-20H2,1,3-4H3/b27-25-,32-8-. The quantitative estimate of drug-likeness (QED) is 0.319. The Morgan fingerprint density at radius 2 is 2.21 bits per heavy atom. The lowest BCUT2D eigenvalue weighted by atomic mass is 9.83. The Morgan fingerprint density at radius 1 is 1.39 bits per heavy atom. The van der Waals surface area contributed by atoms with Crippen LogP contribution in [-0.2, 0) is 15.0 Å². The highest BCUT2D eigenvalue weighted by molar-refractivity contribution is 5.72. The molecule has 4 rings (SSSR count). The molecular formula is C30H42N6O2. The molecule has 8 heteroatoms. The van der Waals surface area contributed by atoms with Gasteiger partial charge in [-0.2, -0.15) is 10.4 Å². The zero-order chi connectivity index (χ0) is 27.0. The number of likely N-dealkylation sites (tertiary alicyclic amines) is 1. The lowest BCUT2D eigenvalue weighted by molar-refractivity contribution is 0.0504. The van der Waals surface area contributed by atoms with E-state index in [1.807, 2.05) is 36.3 Å². The van der Waals surface area contributed by atoms with Crippen molar-refractivity contribution >= 4 is 17.6 Å². The van der Waals surface area contributed by atoms with E-state index in [0.717, 1.165) is 67.2 Å². The fourth-order valence-electron chi connectivity index (χ4n) is 5.66. The number of epoxide rings is 1. The molecule has 0 aromatic carbocycles. The molecule has 8 nitrogen and oxygen atoms in total. The molecular weight excluding hydrogens is 476 g/mol. The number of H-pyrrole nitrogens is 1. The Kier molecular flexibility index (Phi) is 9.76. The van der Waals surface area contributed by atoms with Crippen LogP contribution in [0.1, 0.15) is 77.7 Å². The molecule has 2 aromatic rings. The van der Waals surface area contributed by atoms with E-state index in [-0.39, 0.29) is 18.1 Å². The van der Waals surface area contributed by atoms with Gasteiger partial charge in [0.1, 0.15) is 0 Å². The molecule has 2 aliphatic rings. The van der Waals surface area contributed by atoms with Gasteiger partial charge in [0, 0.05) is 49.1 Å². The maximum absolute atomic E-state index is 9.76. The third-order valence-corrected chi connectivity index (χ3v) is 8.02. The molecule has 38 heavy (non-hydrogen) atoms. The number of aromatic amines is 1. The van der Waals surface area contributed by atoms with Crippen LogP contribution in [0, 0.1) is 17.2 Å². The molecule has 2 saturated heterocycles. The number of ether oxygens (including phenoxy) is 2. The van der Waals surface area contributed by atoms with Gasteiger partial charge in [0.2, 0.25) is 0 Å². The van der Waals surface area contributed by atoms with Crippen molar-refractivity contribution in [3.05, 3.63) is 47.4 Å². The number of hydrogen-bond acceptors (Lipinski definition) is 6. The first-order chi connectivity index (χ1) is 18.6. The molecule has 204 valence electrons. The maximum Gasteiger partial charge on any atom is 0.199 e. The molecule has 2 fully saturated rings. The summed E-state index contributed by atoms with van der Waals surface area (Å²) in [5, 5.41) is 16.3. The van der Waals surface area contributed by atoms with Crippen LogP contribution < -0.4 is 10.6 Å². The minimum atomic E-state index is -0.327. The summed E-state index contributed by atoms with van der Waals surface area (Å²) in [6.45, 7) is 12.9. The normalized spacial score (nSPS) is 22.7. The van der Waals surface area contributed by atoms with Gasteiger partial charge in [-0.25, -0.2) is 0 Å². The van der Waals surface area contributed by atoms with E-state index in [1.165, 1.54) is 19.3 Å². The van der Waals surface area contributed by atoms with Crippen LogP contribution >= 0.6 is 0 Å². The molecule has 2 aromatic heterocycles. The fraction of sp³-hybridized carbons (Fsp3) is 0.600. The van der Waals surface area contributed by atoms with Crippen LogP contribution in [0.25, 0.3) is 11.4 Å². The Labute approximate surface area is 226 Å². The molecule has 1 N–H and O–H groups in total. The van der Waals surface area contributed by atoms with Crippen molar-refractivity contribution in [3.63, 3.8) is 0 Å². The van der Waals surface area contributed by atoms with Gasteiger partial charge in [0.25, 0.3) is 0 Å². The summed E-state index contributed by atoms with van der Waals surface area (Å²) in [5.41, 5.74) is 4.36. The summed E-state index contributed by atoms with van der Waals surface area (Å²) in [7, 11) is 0. The van der Waals surface area contributed by atoms with Crippen molar-refractivity contribution in [1.29, 1.82) is 5.26 Å². The summed E-state index contributed by atoms with van der Waals surface area (Å²) in [5.74, 6) is 0.714. The van der Waals surface area contributed by atoms with Crippen LogP contribution in [0.5, 0.6) is 0 Å². The van der Waals surface area contributed by atoms with Gasteiger partial charge in [-0.1, -0.05) is 33.3 Å². The number of hydrogen-bond donors (Lipinski definition) is 1. The smallest absolute Gasteiger partial charge is 0.199 e. The van der Waals surface area contributed by atoms with Crippen molar-refractivity contribution in [2.75, 3.05) is 19.7 Å². The number of nitrogens with one attached hydrogen (secondary N) is 1. The van der Waals surface area contributed by atoms with E-state index in [1.54, 1.807) is 6.21 Å². The molecule has 4 heterocycles. The van der Waals surface area contributed by atoms with Crippen molar-refractivity contribution in [1.82, 2.24) is 19.7 Å². The Balaban J connectivity index is 1.40. The van der Waals surface area contributed by atoms with Gasteiger partial charge in [-0.3, -0.25) is 14.6 Å². The Morgan fingerprint density at radius 3 is 2.89 bits per heavy atom. The van der Waals surface area contributed by atoms with Gasteiger partial charge in [-0.05, 0) is 51.0 Å². The monoisotopic (exact) mass is 518 g/mol. The molecule has 3 unspecified atom stereocenters. The van der Waals surface area contributed by atoms with Crippen molar-refractivity contribution in [2.24, 2.45) is 10.9 Å². The Bertz CT molecular complexity index is 1260. The molecule has 0 spiro atoms. The second kappa shape index (κ2) is 13.2. The van der Waals surface area contributed by atoms with Crippen molar-refractivity contribution < 1.29 is 9.47 Å². The summed E-state index contributed by atoms with van der Waals surface area (Å²) in [6.07, 6.45) is 15.6. The largest absolute Gasteiger partial charge is 0.355 e. The molecule has 0 aliphatic carbocycles. The number of rotatable bonds is 13. The van der Waals surface area contributed by atoms with E-state index in [4.69, 9.17) is 14.6 Å². The second-order valence-corrected chi connectivity index (χ2v) is 10.4. The van der Waals surface area contributed by atoms with Gasteiger partial charge >= 0.3 is 0 Å². The zero-order valence-electron chi connectivity index (χ0n) is 23.2. The predicted octanol–water partition coefficient (Wildman–Crippen LogP) is 4.03. The van der Waals surface area contributed by atoms with E-state index in [0.29, 0.717) is 12.3 Å². The first-order valence-corrected chi connectivity index (χ1v) is 14.1. The minimum absolute atomic E-state index is 0.0267. The molecule has 0 amide bonds. The van der Waals surface area contributed by atoms with Crippen LogP contribution in [0.3, 0.4) is 0 Å². The first kappa shape index (κ1) is 28.1. The highest BCUT2D eigenvalue weighted by Crippen LogP contribution is 2.35. The molecule has 0 saturated carbocycles. The van der Waals surface area contributed by atoms with Crippen LogP contribution in [0.4, 0.5) is 0 Å². The zero-order valence-corrected chi connectivity index (χ0v) is 23.2. The van der Waals surface area contributed by atoms with Crippen LogP contribution in [-0.4, -0.2) is 58.1 Å². The topological polar surface area (TPSA) is 94.8 Å². The minimum Gasteiger partial charge on any atom is -0.355 e. The van der Waals surface area contributed by atoms with E-state index in [9.17, 15) is 5.26 Å². The van der Waals surface area contributed by atoms with E-state index in [2.05, 4.69) is 47.1 Å². The van der Waals surface area contributed by atoms with Crippen LogP contribution in [0.15, 0.2) is 36.2 Å². The number of piperidine rings is 1. The number of aromatic nitrogens is 3. The average Bonchev–Trinajstić information content (AvgIpc) is 3.30. The third kappa shape index (κ3) is 6.36. The van der Waals surface area contributed by atoms with E-state index < -0.39 is 0 Å². The van der Waals surface area contributed by atoms with Crippen molar-refractivity contribution in [3.8, 4) is 6.07 Å². The molecule has 2 aliphatic heterocycles. The number of nitriles is 1. The average molecular weight is 519 g/mol. The summed E-state index contributed by atoms with van der Waals surface area (Å²) >= 11 is 0. The van der Waals surface area contributed by atoms with Gasteiger partial charge in [0.05, 0.1) is 35.3 Å². The van der Waals surface area contributed by atoms with Gasteiger partial charge in [-0.15, -0.1) is 5.73 Å². The van der Waals surface area contributed by atoms with Gasteiger partial charge < -0.3 is 14.5 Å². The van der Waals surface area contributed by atoms with Crippen molar-refractivity contribution in [2.45, 2.75) is 90.2 Å². The predicted molar refractivity (Wildman–Crippen MR) is 150 cm³/mol. The number of nitrogens with zero attached hydrogens (tertiary/aromatic N) is 5. The summed E-state index contributed by atoms with van der Waals surface area (Å²) in [4.78, 5) is 10.2. The van der Waals surface area contributed by atoms with E-state index >= 15 is 0 Å². The summed E-state index contributed by atoms with van der Waals surface area (Å²) < 4.78 is 13.5. The van der Waals surface area contributed by atoms with Gasteiger partial charge in [0.15, 0.2) is 12.5 Å². The second-order valence-electron chi connectivity index (χ2n) is 10.4. The Hall–Kier alpha value is -2.95. The third-order valence-electron chi connectivity index (χ3n) is 8.02. The van der Waals surface area contributed by atoms with Crippen LogP contribution in [0.2, 0.25) is 0 Å². The lowest BCUT2D eigenvalue weighted by Crippen LogP contribution is -2.37. The lowest BCUT2D eigenvalue weighted by Gasteiger charge is -2.33. The highest BCUT2D eigenvalue weighted by Gasteiger charge is 2.45. The SMILES string of the molecule is C=C=c1[nH]cc/c1=C(/N=C\C)c1cnn(C(CC)(CC#N)CCCC2CCN(C3OC3OCCC)CC2)c1. The highest BCUT2D eigenvalue weighted by atomic mass is 16.8.